The molecule has 1 unspecified atom stereocenters. The lowest BCUT2D eigenvalue weighted by molar-refractivity contribution is -0.144. The number of aromatic nitrogens is 1. The van der Waals surface area contributed by atoms with Crippen LogP contribution in [-0.4, -0.2) is 52.1 Å². The van der Waals surface area contributed by atoms with Gasteiger partial charge >= 0.3 is 5.97 Å². The van der Waals surface area contributed by atoms with Crippen molar-refractivity contribution in [2.24, 2.45) is 11.3 Å². The molecule has 1 aromatic carbocycles. The number of carboxylic acid groups (broad SMARTS) is 1. The number of ether oxygens (including phenoxy) is 1. The zero-order valence-corrected chi connectivity index (χ0v) is 22.9. The van der Waals surface area contributed by atoms with Crippen LogP contribution in [0.5, 0.6) is 5.75 Å². The predicted molar refractivity (Wildman–Crippen MR) is 140 cm³/mol. The first-order valence-electron chi connectivity index (χ1n) is 12.8. The monoisotopic (exact) mass is 588 g/mol. The van der Waals surface area contributed by atoms with Gasteiger partial charge < -0.3 is 14.7 Å². The van der Waals surface area contributed by atoms with Gasteiger partial charge in [0.05, 0.1) is 4.90 Å². The number of pyridine rings is 1. The first-order valence-corrected chi connectivity index (χ1v) is 14.7. The number of alkyl halides is 4. The van der Waals surface area contributed by atoms with Gasteiger partial charge in [0, 0.05) is 48.6 Å². The Labute approximate surface area is 231 Å². The van der Waals surface area contributed by atoms with E-state index >= 15 is 0 Å². The van der Waals surface area contributed by atoms with E-state index in [1.165, 1.54) is 23.9 Å². The van der Waals surface area contributed by atoms with Crippen LogP contribution in [0.1, 0.15) is 45.4 Å². The van der Waals surface area contributed by atoms with Gasteiger partial charge in [-0.25, -0.2) is 26.9 Å². The topological polar surface area (TPSA) is 62.7 Å². The third kappa shape index (κ3) is 6.75. The fraction of sp³-hybridized carbons (Fsp3) is 0.556. The van der Waals surface area contributed by atoms with Crippen molar-refractivity contribution in [2.45, 2.75) is 72.5 Å². The summed E-state index contributed by atoms with van der Waals surface area (Å²) in [6, 6.07) is 7.66. The lowest BCUT2D eigenvalue weighted by Gasteiger charge is -2.34. The minimum atomic E-state index is -2.82. The average Bonchev–Trinajstić information content (AvgIpc) is 3.64. The zero-order valence-electron chi connectivity index (χ0n) is 21.3. The Balaban J connectivity index is 1.50. The Morgan fingerprint density at radius 2 is 2.03 bits per heavy atom. The van der Waals surface area contributed by atoms with E-state index in [-0.39, 0.29) is 43.5 Å². The number of hydrogen-bond acceptors (Lipinski definition) is 6. The summed E-state index contributed by atoms with van der Waals surface area (Å²) in [7, 11) is 0. The summed E-state index contributed by atoms with van der Waals surface area (Å²) >= 11 is 2.58. The quantitative estimate of drug-likeness (QED) is 0.286. The van der Waals surface area contributed by atoms with E-state index in [2.05, 4.69) is 0 Å². The maximum atomic E-state index is 14.2. The standard InChI is InChI=1S/C27H29F5N2O3S2/c1-25(29,30)6-5-16-13-34(18-4-2-3-17(28)9-18)22-21(38-14-16)10-20(37-15-26(7-8-26)24(35)36)23(33-22)39-19-11-27(31,32)12-19/h2-4,9-10,16,19H,5-8,11-15H2,1H3,(H,35,36). The van der Waals surface area contributed by atoms with Crippen LogP contribution in [0.25, 0.3) is 0 Å². The summed E-state index contributed by atoms with van der Waals surface area (Å²) in [5, 5.41) is 9.54. The Hall–Kier alpha value is -2.21. The molecule has 0 saturated heterocycles. The Morgan fingerprint density at radius 1 is 1.28 bits per heavy atom. The molecule has 0 amide bonds. The fourth-order valence-corrected chi connectivity index (χ4v) is 7.19. The van der Waals surface area contributed by atoms with E-state index in [1.54, 1.807) is 23.1 Å². The molecule has 212 valence electrons. The number of aliphatic carboxylic acids is 1. The Bertz CT molecular complexity index is 1230. The van der Waals surface area contributed by atoms with Gasteiger partial charge in [0.15, 0.2) is 5.75 Å². The third-order valence-corrected chi connectivity index (χ3v) is 9.76. The van der Waals surface area contributed by atoms with Crippen molar-refractivity contribution < 1.29 is 36.6 Å². The van der Waals surface area contributed by atoms with Gasteiger partial charge in [0.25, 0.3) is 0 Å². The van der Waals surface area contributed by atoms with Crippen molar-refractivity contribution in [3.63, 3.8) is 0 Å². The lowest BCUT2D eigenvalue weighted by Crippen LogP contribution is -2.37. The van der Waals surface area contributed by atoms with Gasteiger partial charge in [-0.1, -0.05) is 17.8 Å². The number of halogens is 5. The summed E-state index contributed by atoms with van der Waals surface area (Å²) in [6.45, 7) is 1.14. The molecular formula is C27H29F5N2O3S2. The largest absolute Gasteiger partial charge is 0.490 e. The van der Waals surface area contributed by atoms with Crippen molar-refractivity contribution in [1.82, 2.24) is 4.98 Å². The van der Waals surface area contributed by atoms with Crippen LogP contribution in [0.3, 0.4) is 0 Å². The minimum absolute atomic E-state index is 0.0658. The van der Waals surface area contributed by atoms with E-state index < -0.39 is 29.0 Å². The third-order valence-electron chi connectivity index (χ3n) is 7.33. The van der Waals surface area contributed by atoms with Crippen molar-refractivity contribution in [3.05, 3.63) is 36.1 Å². The molecule has 0 radical (unpaired) electrons. The van der Waals surface area contributed by atoms with Crippen LogP contribution in [0.4, 0.5) is 33.5 Å². The molecule has 2 heterocycles. The highest BCUT2D eigenvalue weighted by molar-refractivity contribution is 8.00. The number of carboxylic acids is 1. The van der Waals surface area contributed by atoms with Crippen LogP contribution >= 0.6 is 23.5 Å². The molecule has 1 N–H and O–H groups in total. The number of anilines is 2. The normalized spacial score (nSPS) is 22.0. The van der Waals surface area contributed by atoms with Crippen LogP contribution in [0.15, 0.2) is 40.3 Å². The van der Waals surface area contributed by atoms with Gasteiger partial charge in [-0.05, 0) is 50.3 Å². The van der Waals surface area contributed by atoms with Gasteiger partial charge in [-0.3, -0.25) is 4.79 Å². The summed E-state index contributed by atoms with van der Waals surface area (Å²) in [4.78, 5) is 19.0. The summed E-state index contributed by atoms with van der Waals surface area (Å²) in [5.41, 5.74) is -0.461. The number of thioether (sulfide) groups is 2. The average molecular weight is 589 g/mol. The molecule has 0 bridgehead atoms. The van der Waals surface area contributed by atoms with E-state index in [0.29, 0.717) is 52.3 Å². The van der Waals surface area contributed by atoms with Crippen LogP contribution in [-0.2, 0) is 4.79 Å². The Morgan fingerprint density at radius 3 is 2.64 bits per heavy atom. The summed E-state index contributed by atoms with van der Waals surface area (Å²) < 4.78 is 74.8. The second kappa shape index (κ2) is 10.6. The molecule has 0 spiro atoms. The van der Waals surface area contributed by atoms with E-state index in [0.717, 1.165) is 18.7 Å². The van der Waals surface area contributed by atoms with Crippen molar-refractivity contribution in [2.75, 3.05) is 23.8 Å². The molecule has 2 fully saturated rings. The Kier molecular flexibility index (Phi) is 7.73. The molecule has 5 nitrogen and oxygen atoms in total. The van der Waals surface area contributed by atoms with E-state index in [4.69, 9.17) is 9.72 Å². The molecule has 2 aliphatic carbocycles. The highest BCUT2D eigenvalue weighted by atomic mass is 32.2. The first-order chi connectivity index (χ1) is 18.3. The molecule has 3 aliphatic rings. The maximum Gasteiger partial charge on any atom is 0.313 e. The number of benzene rings is 1. The van der Waals surface area contributed by atoms with Gasteiger partial charge in [-0.2, -0.15) is 0 Å². The number of nitrogens with zero attached hydrogens (tertiary/aromatic N) is 2. The smallest absolute Gasteiger partial charge is 0.313 e. The van der Waals surface area contributed by atoms with E-state index in [1.807, 2.05) is 0 Å². The highest BCUT2D eigenvalue weighted by Crippen LogP contribution is 2.51. The molecular weight excluding hydrogens is 559 g/mol. The first kappa shape index (κ1) is 28.3. The van der Waals surface area contributed by atoms with Crippen LogP contribution < -0.4 is 9.64 Å². The molecule has 39 heavy (non-hydrogen) atoms. The molecule has 1 aromatic heterocycles. The van der Waals surface area contributed by atoms with Gasteiger partial charge in [0.1, 0.15) is 28.7 Å². The second-order valence-corrected chi connectivity index (χ2v) is 13.2. The molecule has 5 rings (SSSR count). The maximum absolute atomic E-state index is 14.2. The number of fused-ring (bicyclic) bond motifs is 1. The zero-order chi connectivity index (χ0) is 28.0. The predicted octanol–water partition coefficient (Wildman–Crippen LogP) is 7.65. The molecule has 1 aliphatic heterocycles. The van der Waals surface area contributed by atoms with Gasteiger partial charge in [0.2, 0.25) is 11.8 Å². The van der Waals surface area contributed by atoms with Crippen molar-refractivity contribution in [3.8, 4) is 5.75 Å². The van der Waals surface area contributed by atoms with E-state index in [9.17, 15) is 31.9 Å². The van der Waals surface area contributed by atoms with Crippen LogP contribution in [0.2, 0.25) is 0 Å². The summed E-state index contributed by atoms with van der Waals surface area (Å²) in [6.07, 6.45) is 0.337. The molecule has 1 atom stereocenters. The molecule has 2 saturated carbocycles. The molecule has 2 aromatic rings. The minimum Gasteiger partial charge on any atom is -0.490 e. The molecule has 12 heteroatoms. The van der Waals surface area contributed by atoms with Crippen molar-refractivity contribution >= 4 is 41.0 Å². The number of hydrogen-bond donors (Lipinski definition) is 1. The summed E-state index contributed by atoms with van der Waals surface area (Å²) in [5.74, 6) is -5.82. The van der Waals surface area contributed by atoms with Crippen LogP contribution in [0, 0.1) is 17.2 Å². The second-order valence-electron chi connectivity index (χ2n) is 10.9. The fourth-order valence-electron chi connectivity index (χ4n) is 4.68. The number of rotatable bonds is 10. The highest BCUT2D eigenvalue weighted by Gasteiger charge is 2.51. The number of carbonyl (C=O) groups is 1. The van der Waals surface area contributed by atoms with Gasteiger partial charge in [-0.15, -0.1) is 11.8 Å². The SMILES string of the molecule is CC(F)(F)CCC1CSc2cc(OCC3(C(=O)O)CC3)c(SC3CC(F)(F)C3)nc2N(c2cccc(F)c2)C1. The van der Waals surface area contributed by atoms with Crippen molar-refractivity contribution in [1.29, 1.82) is 0 Å². The lowest BCUT2D eigenvalue weighted by atomic mass is 9.94.